The Kier molecular flexibility index (Phi) is 2.66. The highest BCUT2D eigenvalue weighted by molar-refractivity contribution is 5.86. The molecule has 0 aliphatic heterocycles. The molecule has 1 heterocycles. The van der Waals surface area contributed by atoms with E-state index in [1.807, 2.05) is 6.07 Å². The summed E-state index contributed by atoms with van der Waals surface area (Å²) in [5.74, 6) is -0.582. The molecule has 1 N–H and O–H groups in total. The fourth-order valence-electron chi connectivity index (χ4n) is 1.14. The highest BCUT2D eigenvalue weighted by Crippen LogP contribution is 2.15. The van der Waals surface area contributed by atoms with Gasteiger partial charge in [0.05, 0.1) is 0 Å². The van der Waals surface area contributed by atoms with E-state index in [-0.39, 0.29) is 5.69 Å². The van der Waals surface area contributed by atoms with Crippen LogP contribution in [0, 0.1) is 6.92 Å². The van der Waals surface area contributed by atoms with Gasteiger partial charge < -0.3 is 5.11 Å². The molecule has 1 aromatic heterocycles. The number of aromatic carboxylic acids is 1. The average Bonchev–Trinajstić information content (AvgIpc) is 2.03. The van der Waals surface area contributed by atoms with Gasteiger partial charge in [-0.05, 0) is 24.0 Å². The topological polar surface area (TPSA) is 50.2 Å². The summed E-state index contributed by atoms with van der Waals surface area (Å²) in [6.45, 7) is 5.87. The van der Waals surface area contributed by atoms with Crippen molar-refractivity contribution in [3.8, 4) is 0 Å². The lowest BCUT2D eigenvalue weighted by Gasteiger charge is -2.06. The molecular weight excluding hydrogens is 166 g/mol. The van der Waals surface area contributed by atoms with Crippen molar-refractivity contribution in [3.05, 3.63) is 29.1 Å². The number of nitrogens with zero attached hydrogens (tertiary/aromatic N) is 1. The van der Waals surface area contributed by atoms with Crippen molar-refractivity contribution in [1.82, 2.24) is 4.98 Å². The van der Waals surface area contributed by atoms with E-state index in [9.17, 15) is 4.79 Å². The third kappa shape index (κ3) is 2.05. The number of carbonyl (C=O) groups is 1. The summed E-state index contributed by atoms with van der Waals surface area (Å²) in [4.78, 5) is 14.5. The zero-order valence-electron chi connectivity index (χ0n) is 8.03. The van der Waals surface area contributed by atoms with Gasteiger partial charge in [-0.1, -0.05) is 19.9 Å². The SMILES string of the molecule is Cc1cc(C(C)C)cnc1C(=O)O. The van der Waals surface area contributed by atoms with E-state index in [0.717, 1.165) is 11.1 Å². The molecule has 1 aromatic rings. The highest BCUT2D eigenvalue weighted by Gasteiger charge is 2.09. The van der Waals surface area contributed by atoms with Gasteiger partial charge in [0.15, 0.2) is 5.69 Å². The van der Waals surface area contributed by atoms with E-state index in [2.05, 4.69) is 18.8 Å². The number of aromatic nitrogens is 1. The molecule has 0 aliphatic carbocycles. The summed E-state index contributed by atoms with van der Waals surface area (Å²) < 4.78 is 0. The number of carboxylic acid groups (broad SMARTS) is 1. The minimum atomic E-state index is -0.965. The number of hydrogen-bond donors (Lipinski definition) is 1. The van der Waals surface area contributed by atoms with Gasteiger partial charge in [-0.25, -0.2) is 9.78 Å². The number of rotatable bonds is 2. The first-order chi connectivity index (χ1) is 6.02. The lowest BCUT2D eigenvalue weighted by Crippen LogP contribution is -2.04. The van der Waals surface area contributed by atoms with Crippen LogP contribution >= 0.6 is 0 Å². The summed E-state index contributed by atoms with van der Waals surface area (Å²) in [5, 5.41) is 8.73. The van der Waals surface area contributed by atoms with E-state index >= 15 is 0 Å². The molecule has 1 rings (SSSR count). The number of aryl methyl sites for hydroxylation is 1. The standard InChI is InChI=1S/C10H13NO2/c1-6(2)8-4-7(3)9(10(12)13)11-5-8/h4-6H,1-3H3,(H,12,13). The normalized spacial score (nSPS) is 10.5. The van der Waals surface area contributed by atoms with Gasteiger partial charge in [0.2, 0.25) is 0 Å². The van der Waals surface area contributed by atoms with Crippen LogP contribution < -0.4 is 0 Å². The van der Waals surface area contributed by atoms with Crippen LogP contribution in [0.3, 0.4) is 0 Å². The molecule has 3 heteroatoms. The van der Waals surface area contributed by atoms with Crippen molar-refractivity contribution in [3.63, 3.8) is 0 Å². The molecule has 0 atom stereocenters. The van der Waals surface area contributed by atoms with Crippen LogP contribution in [0.15, 0.2) is 12.3 Å². The Morgan fingerprint density at radius 3 is 2.54 bits per heavy atom. The number of carboxylic acids is 1. The molecule has 0 bridgehead atoms. The molecule has 0 saturated carbocycles. The fraction of sp³-hybridized carbons (Fsp3) is 0.400. The summed E-state index contributed by atoms with van der Waals surface area (Å²) >= 11 is 0. The predicted molar refractivity (Wildman–Crippen MR) is 50.0 cm³/mol. The molecule has 3 nitrogen and oxygen atoms in total. The fourth-order valence-corrected chi connectivity index (χ4v) is 1.14. The Labute approximate surface area is 77.4 Å². The first-order valence-corrected chi connectivity index (χ1v) is 4.22. The molecule has 0 fully saturated rings. The van der Waals surface area contributed by atoms with Gasteiger partial charge in [0.1, 0.15) is 0 Å². The molecule has 0 aliphatic rings. The van der Waals surface area contributed by atoms with Gasteiger partial charge in [0, 0.05) is 6.20 Å². The molecule has 0 amide bonds. The molecule has 0 saturated heterocycles. The summed E-state index contributed by atoms with van der Waals surface area (Å²) in [5.41, 5.74) is 1.94. The molecular formula is C10H13NO2. The van der Waals surface area contributed by atoms with Crippen LogP contribution in [0.4, 0.5) is 0 Å². The van der Waals surface area contributed by atoms with Crippen molar-refractivity contribution in [2.45, 2.75) is 26.7 Å². The van der Waals surface area contributed by atoms with E-state index in [0.29, 0.717) is 5.92 Å². The molecule has 70 valence electrons. The predicted octanol–water partition coefficient (Wildman–Crippen LogP) is 2.21. The quantitative estimate of drug-likeness (QED) is 0.757. The van der Waals surface area contributed by atoms with Crippen LogP contribution in [0.1, 0.15) is 41.4 Å². The summed E-state index contributed by atoms with van der Waals surface area (Å²) in [7, 11) is 0. The van der Waals surface area contributed by atoms with Crippen LogP contribution in [-0.2, 0) is 0 Å². The van der Waals surface area contributed by atoms with Gasteiger partial charge in [-0.2, -0.15) is 0 Å². The van der Waals surface area contributed by atoms with Crippen molar-refractivity contribution in [1.29, 1.82) is 0 Å². The Hall–Kier alpha value is -1.38. The zero-order chi connectivity index (χ0) is 10.0. The molecule has 0 radical (unpaired) electrons. The third-order valence-electron chi connectivity index (χ3n) is 1.97. The van der Waals surface area contributed by atoms with Crippen LogP contribution in [0.2, 0.25) is 0 Å². The number of pyridine rings is 1. The average molecular weight is 179 g/mol. The van der Waals surface area contributed by atoms with Gasteiger partial charge in [-0.3, -0.25) is 0 Å². The van der Waals surface area contributed by atoms with E-state index in [4.69, 9.17) is 5.11 Å². The maximum absolute atomic E-state index is 10.6. The van der Waals surface area contributed by atoms with Crippen molar-refractivity contribution in [2.75, 3.05) is 0 Å². The van der Waals surface area contributed by atoms with Crippen LogP contribution in [0.25, 0.3) is 0 Å². The molecule has 13 heavy (non-hydrogen) atoms. The second-order valence-corrected chi connectivity index (χ2v) is 3.39. The van der Waals surface area contributed by atoms with Crippen molar-refractivity contribution < 1.29 is 9.90 Å². The summed E-state index contributed by atoms with van der Waals surface area (Å²) in [6.07, 6.45) is 1.63. The maximum Gasteiger partial charge on any atom is 0.354 e. The second-order valence-electron chi connectivity index (χ2n) is 3.39. The Balaban J connectivity index is 3.13. The molecule has 0 unspecified atom stereocenters. The highest BCUT2D eigenvalue weighted by atomic mass is 16.4. The molecule has 0 spiro atoms. The Bertz CT molecular complexity index is 332. The molecule has 0 aromatic carbocycles. The van der Waals surface area contributed by atoms with Crippen LogP contribution in [0.5, 0.6) is 0 Å². The summed E-state index contributed by atoms with van der Waals surface area (Å²) in [6, 6.07) is 1.88. The van der Waals surface area contributed by atoms with Gasteiger partial charge >= 0.3 is 5.97 Å². The lowest BCUT2D eigenvalue weighted by atomic mass is 10.0. The maximum atomic E-state index is 10.6. The smallest absolute Gasteiger partial charge is 0.354 e. The minimum Gasteiger partial charge on any atom is -0.477 e. The van der Waals surface area contributed by atoms with Crippen molar-refractivity contribution >= 4 is 5.97 Å². The minimum absolute atomic E-state index is 0.143. The van der Waals surface area contributed by atoms with Crippen LogP contribution in [-0.4, -0.2) is 16.1 Å². The van der Waals surface area contributed by atoms with E-state index in [1.54, 1.807) is 13.1 Å². The third-order valence-corrected chi connectivity index (χ3v) is 1.97. The van der Waals surface area contributed by atoms with Gasteiger partial charge in [-0.15, -0.1) is 0 Å². The largest absolute Gasteiger partial charge is 0.477 e. The Morgan fingerprint density at radius 1 is 1.54 bits per heavy atom. The first-order valence-electron chi connectivity index (χ1n) is 4.22. The van der Waals surface area contributed by atoms with Gasteiger partial charge in [0.25, 0.3) is 0 Å². The second kappa shape index (κ2) is 3.56. The monoisotopic (exact) mass is 179 g/mol. The lowest BCUT2D eigenvalue weighted by molar-refractivity contribution is 0.0689. The number of hydrogen-bond acceptors (Lipinski definition) is 2. The van der Waals surface area contributed by atoms with Crippen molar-refractivity contribution in [2.24, 2.45) is 0 Å². The van der Waals surface area contributed by atoms with E-state index in [1.165, 1.54) is 0 Å². The van der Waals surface area contributed by atoms with E-state index < -0.39 is 5.97 Å². The Morgan fingerprint density at radius 2 is 2.15 bits per heavy atom. The first kappa shape index (κ1) is 9.71. The zero-order valence-corrected chi connectivity index (χ0v) is 8.03.